The summed E-state index contributed by atoms with van der Waals surface area (Å²) in [4.78, 5) is 0. The highest BCUT2D eigenvalue weighted by Gasteiger charge is 2.40. The van der Waals surface area contributed by atoms with Crippen LogP contribution in [0.1, 0.15) is 27.2 Å². The maximum absolute atomic E-state index is 5.78. The molecule has 0 aromatic heterocycles. The van der Waals surface area contributed by atoms with Gasteiger partial charge in [0.2, 0.25) is 0 Å². The van der Waals surface area contributed by atoms with Crippen LogP contribution in [0, 0.1) is 0 Å². The van der Waals surface area contributed by atoms with E-state index in [0.717, 1.165) is 69.8 Å². The van der Waals surface area contributed by atoms with Crippen LogP contribution in [0.4, 0.5) is 0 Å². The van der Waals surface area contributed by atoms with Crippen LogP contribution in [0.15, 0.2) is 0 Å². The molecule has 0 bridgehead atoms. The fourth-order valence-corrected chi connectivity index (χ4v) is 21.1. The molecule has 1 heterocycles. The standard InChI is InChI=1S/C9H26O4Si3.C7H18O3Si2.C3H16O2Si4/c1-5-10-16(11-6-2,12-7-3)9-8-15(4)13-14;1-12(10-11)4-2-3-8-5-7-6-9-7;1-7-5-8-9(2,3)4-6/h15H,5-9H2,1-4,14H3;7,12H,2-6H2,1,11H3;7-8H2,1-3,6H3. The molecule has 0 amide bonds. The number of hydrogen-bond donors (Lipinski definition) is 0. The highest BCUT2D eigenvalue weighted by atomic mass is 29.2. The van der Waals surface area contributed by atoms with E-state index in [1.54, 1.807) is 0 Å². The summed E-state index contributed by atoms with van der Waals surface area (Å²) in [5.41, 5.74) is 0. The molecule has 1 rings (SSSR count). The molecule has 0 aromatic carbocycles. The van der Waals surface area contributed by atoms with Crippen molar-refractivity contribution in [2.75, 3.05) is 39.6 Å². The van der Waals surface area contributed by atoms with E-state index in [1.165, 1.54) is 6.04 Å². The van der Waals surface area contributed by atoms with Gasteiger partial charge >= 0.3 is 8.80 Å². The molecular formula is C19H60O9Si9. The highest BCUT2D eigenvalue weighted by molar-refractivity contribution is 7.19. The lowest BCUT2D eigenvalue weighted by atomic mass is 10.5. The van der Waals surface area contributed by atoms with Crippen molar-refractivity contribution < 1.29 is 39.2 Å². The average Bonchev–Trinajstić information content (AvgIpc) is 3.71. The lowest BCUT2D eigenvalue weighted by molar-refractivity contribution is 0.0724. The average molecular weight is 685 g/mol. The Balaban J connectivity index is 0. The summed E-state index contributed by atoms with van der Waals surface area (Å²) in [6.07, 6.45) is 1.57. The van der Waals surface area contributed by atoms with Crippen LogP contribution >= 0.6 is 0 Å². The third kappa shape index (κ3) is 26.3. The van der Waals surface area contributed by atoms with E-state index in [4.69, 9.17) is 39.2 Å². The second-order valence-corrected chi connectivity index (χ2v) is 33.9. The quantitative estimate of drug-likeness (QED) is 0.0802. The minimum atomic E-state index is -2.40. The summed E-state index contributed by atoms with van der Waals surface area (Å²) in [6, 6.07) is 3.23. The van der Waals surface area contributed by atoms with Gasteiger partial charge in [0.15, 0.2) is 35.2 Å². The minimum Gasteiger partial charge on any atom is -0.466 e. The molecule has 0 radical (unpaired) electrons. The summed E-state index contributed by atoms with van der Waals surface area (Å²) in [5, 5.41) is 0. The summed E-state index contributed by atoms with van der Waals surface area (Å²) in [5.74, 6) is 0. The molecule has 1 aliphatic rings. The van der Waals surface area contributed by atoms with Crippen molar-refractivity contribution in [2.45, 2.75) is 84.2 Å². The molecule has 0 saturated carbocycles. The Morgan fingerprint density at radius 3 is 1.84 bits per heavy atom. The molecule has 1 saturated heterocycles. The van der Waals surface area contributed by atoms with Gasteiger partial charge in [0, 0.05) is 32.5 Å². The monoisotopic (exact) mass is 684 g/mol. The predicted octanol–water partition coefficient (Wildman–Crippen LogP) is -1.65. The van der Waals surface area contributed by atoms with Crippen molar-refractivity contribution in [2.24, 2.45) is 0 Å². The lowest BCUT2D eigenvalue weighted by Crippen LogP contribution is -2.46. The van der Waals surface area contributed by atoms with Crippen molar-refractivity contribution in [1.29, 1.82) is 0 Å². The normalized spacial score (nSPS) is 17.7. The number of hydrogen-bond acceptors (Lipinski definition) is 9. The first-order chi connectivity index (χ1) is 17.6. The minimum absolute atomic E-state index is 0.143. The molecule has 3 atom stereocenters. The van der Waals surface area contributed by atoms with Crippen LogP contribution in [-0.2, 0) is 39.2 Å². The van der Waals surface area contributed by atoms with Crippen molar-refractivity contribution in [3.63, 3.8) is 0 Å². The Kier molecular flexibility index (Phi) is 29.2. The zero-order valence-electron chi connectivity index (χ0n) is 25.9. The number of rotatable bonds is 21. The van der Waals surface area contributed by atoms with Gasteiger partial charge in [-0.1, -0.05) is 6.55 Å². The maximum Gasteiger partial charge on any atom is 0.500 e. The Morgan fingerprint density at radius 1 is 0.919 bits per heavy atom. The van der Waals surface area contributed by atoms with Crippen LogP contribution in [0.25, 0.3) is 0 Å². The van der Waals surface area contributed by atoms with E-state index >= 15 is 0 Å². The molecule has 9 nitrogen and oxygen atoms in total. The summed E-state index contributed by atoms with van der Waals surface area (Å²) < 4.78 is 49.7. The molecule has 18 heteroatoms. The van der Waals surface area contributed by atoms with Gasteiger partial charge < -0.3 is 39.2 Å². The molecule has 3 unspecified atom stereocenters. The smallest absolute Gasteiger partial charge is 0.466 e. The second kappa shape index (κ2) is 26.5. The summed E-state index contributed by atoms with van der Waals surface area (Å²) >= 11 is 0. The largest absolute Gasteiger partial charge is 0.500 e. The van der Waals surface area contributed by atoms with Gasteiger partial charge in [0.25, 0.3) is 0 Å². The van der Waals surface area contributed by atoms with Crippen molar-refractivity contribution >= 4 is 85.2 Å². The van der Waals surface area contributed by atoms with Gasteiger partial charge in [-0.2, -0.15) is 0 Å². The topological polar surface area (TPSA) is 86.4 Å². The third-order valence-corrected chi connectivity index (χ3v) is 32.1. The zero-order valence-corrected chi connectivity index (χ0v) is 39.0. The number of ether oxygens (including phenoxy) is 2. The van der Waals surface area contributed by atoms with Gasteiger partial charge in [0.1, 0.15) is 47.3 Å². The van der Waals surface area contributed by atoms with E-state index in [2.05, 4.69) is 32.7 Å². The van der Waals surface area contributed by atoms with Crippen LogP contribution < -0.4 is 0 Å². The molecule has 1 aliphatic heterocycles. The highest BCUT2D eigenvalue weighted by Crippen LogP contribution is 2.19. The van der Waals surface area contributed by atoms with Gasteiger partial charge in [0.05, 0.1) is 13.2 Å². The molecule has 0 spiro atoms. The van der Waals surface area contributed by atoms with Crippen LogP contribution in [-0.4, -0.2) is 131 Å². The van der Waals surface area contributed by atoms with E-state index in [0.29, 0.717) is 25.9 Å². The SMILES string of the molecule is CCO[Si](CC[SiH](C)O[SiH3])(OCC)OCC.C[SiH2]O[SiH2][Si](C)(C)O[SiH3].C[SiH](CCCOCC1CO1)O[SiH3]. The van der Waals surface area contributed by atoms with E-state index in [9.17, 15) is 0 Å². The van der Waals surface area contributed by atoms with E-state index in [-0.39, 0.29) is 19.0 Å². The predicted molar refractivity (Wildman–Crippen MR) is 181 cm³/mol. The molecule has 37 heavy (non-hydrogen) atoms. The van der Waals surface area contributed by atoms with Crippen molar-refractivity contribution in [3.8, 4) is 0 Å². The van der Waals surface area contributed by atoms with Gasteiger partial charge in [-0.3, -0.25) is 0 Å². The Morgan fingerprint density at radius 2 is 1.43 bits per heavy atom. The van der Waals surface area contributed by atoms with E-state index < -0.39 is 34.7 Å². The van der Waals surface area contributed by atoms with Gasteiger partial charge in [-0.15, -0.1) is 0 Å². The maximum atomic E-state index is 5.78. The zero-order chi connectivity index (χ0) is 28.6. The molecular weight excluding hydrogens is 625 g/mol. The Hall–Kier alpha value is 1.59. The lowest BCUT2D eigenvalue weighted by Gasteiger charge is -2.29. The molecule has 0 N–H and O–H groups in total. The molecule has 0 aromatic rings. The van der Waals surface area contributed by atoms with Crippen LogP contribution in [0.2, 0.25) is 50.9 Å². The first-order valence-electron chi connectivity index (χ1n) is 13.9. The van der Waals surface area contributed by atoms with Crippen LogP contribution in [0.3, 0.4) is 0 Å². The van der Waals surface area contributed by atoms with E-state index in [1.807, 2.05) is 20.8 Å². The van der Waals surface area contributed by atoms with Crippen molar-refractivity contribution in [3.05, 3.63) is 0 Å². The molecule has 226 valence electrons. The van der Waals surface area contributed by atoms with Gasteiger partial charge in [-0.05, 0) is 65.5 Å². The summed E-state index contributed by atoms with van der Waals surface area (Å²) in [7, 11) is -3.13. The fourth-order valence-electron chi connectivity index (χ4n) is 2.88. The first-order valence-corrected chi connectivity index (χ1v) is 31.0. The Bertz CT molecular complexity index is 481. The second-order valence-electron chi connectivity index (χ2n) is 9.39. The third-order valence-electron chi connectivity index (χ3n) is 5.57. The first kappa shape index (κ1) is 40.7. The van der Waals surface area contributed by atoms with Crippen molar-refractivity contribution in [1.82, 2.24) is 0 Å². The molecule has 0 aliphatic carbocycles. The van der Waals surface area contributed by atoms with Crippen LogP contribution in [0.5, 0.6) is 0 Å². The molecule has 1 fully saturated rings. The Labute approximate surface area is 247 Å². The van der Waals surface area contributed by atoms with Gasteiger partial charge in [-0.25, -0.2) is 0 Å². The summed E-state index contributed by atoms with van der Waals surface area (Å²) in [6.45, 7) is 21.7. The number of epoxide rings is 1. The fraction of sp³-hybridized carbons (Fsp3) is 1.00.